The van der Waals surface area contributed by atoms with Crippen molar-refractivity contribution >= 4 is 46.6 Å². The summed E-state index contributed by atoms with van der Waals surface area (Å²) in [6.07, 6.45) is 1.92. The Balaban J connectivity index is 1.58. The molecule has 1 atom stereocenters. The third-order valence-electron chi connectivity index (χ3n) is 3.67. The van der Waals surface area contributed by atoms with Crippen molar-refractivity contribution in [1.29, 1.82) is 0 Å². The lowest BCUT2D eigenvalue weighted by Gasteiger charge is -2.11. The zero-order valence-electron chi connectivity index (χ0n) is 13.1. The SMILES string of the molecule is O=C(CSc1n[nH]c(=O)n1C[C@H]1CCCO1)Nc1ccc(Cl)c(Cl)c1. The molecule has 1 aliphatic rings. The van der Waals surface area contributed by atoms with Crippen LogP contribution in [-0.4, -0.2) is 39.1 Å². The Hall–Kier alpha value is -1.48. The normalized spacial score (nSPS) is 17.0. The average molecular weight is 403 g/mol. The van der Waals surface area contributed by atoms with E-state index in [0.29, 0.717) is 34.0 Å². The molecule has 0 unspecified atom stereocenters. The van der Waals surface area contributed by atoms with Gasteiger partial charge < -0.3 is 10.1 Å². The lowest BCUT2D eigenvalue weighted by Crippen LogP contribution is -2.25. The van der Waals surface area contributed by atoms with Crippen molar-refractivity contribution in [1.82, 2.24) is 14.8 Å². The lowest BCUT2D eigenvalue weighted by molar-refractivity contribution is -0.113. The van der Waals surface area contributed by atoms with Crippen molar-refractivity contribution in [3.8, 4) is 0 Å². The van der Waals surface area contributed by atoms with Crippen LogP contribution in [0.3, 0.4) is 0 Å². The van der Waals surface area contributed by atoms with E-state index in [4.69, 9.17) is 27.9 Å². The fraction of sp³-hybridized carbons (Fsp3) is 0.400. The number of carbonyl (C=O) groups excluding carboxylic acids is 1. The monoisotopic (exact) mass is 402 g/mol. The largest absolute Gasteiger partial charge is 0.376 e. The highest BCUT2D eigenvalue weighted by Gasteiger charge is 2.20. The molecule has 1 fully saturated rings. The fourth-order valence-electron chi connectivity index (χ4n) is 2.47. The molecule has 0 saturated carbocycles. The summed E-state index contributed by atoms with van der Waals surface area (Å²) in [6.45, 7) is 1.15. The summed E-state index contributed by atoms with van der Waals surface area (Å²) in [6, 6.07) is 4.85. The molecular formula is C15H16Cl2N4O3S. The molecule has 134 valence electrons. The molecule has 1 saturated heterocycles. The van der Waals surface area contributed by atoms with Crippen LogP contribution < -0.4 is 11.0 Å². The number of nitrogens with zero attached hydrogens (tertiary/aromatic N) is 2. The van der Waals surface area contributed by atoms with Gasteiger partial charge in [0.25, 0.3) is 0 Å². The van der Waals surface area contributed by atoms with Gasteiger partial charge in [-0.15, -0.1) is 5.10 Å². The quantitative estimate of drug-likeness (QED) is 0.725. The first-order valence-corrected chi connectivity index (χ1v) is 9.41. The summed E-state index contributed by atoms with van der Waals surface area (Å²) in [5, 5.41) is 10.4. The highest BCUT2D eigenvalue weighted by molar-refractivity contribution is 7.99. The molecule has 1 aromatic carbocycles. The highest BCUT2D eigenvalue weighted by Crippen LogP contribution is 2.25. The third kappa shape index (κ3) is 4.78. The van der Waals surface area contributed by atoms with Crippen LogP contribution in [0.1, 0.15) is 12.8 Å². The van der Waals surface area contributed by atoms with E-state index in [1.807, 2.05) is 0 Å². The topological polar surface area (TPSA) is 89.0 Å². The first-order valence-electron chi connectivity index (χ1n) is 7.67. The molecule has 2 heterocycles. The molecule has 0 aliphatic carbocycles. The number of nitrogens with one attached hydrogen (secondary N) is 2. The third-order valence-corrected chi connectivity index (χ3v) is 5.38. The summed E-state index contributed by atoms with van der Waals surface area (Å²) in [4.78, 5) is 24.0. The zero-order valence-corrected chi connectivity index (χ0v) is 15.5. The number of anilines is 1. The number of halogens is 2. The van der Waals surface area contributed by atoms with Crippen molar-refractivity contribution in [2.45, 2.75) is 30.6 Å². The van der Waals surface area contributed by atoms with Gasteiger partial charge in [0.1, 0.15) is 0 Å². The van der Waals surface area contributed by atoms with Crippen LogP contribution in [0.5, 0.6) is 0 Å². The highest BCUT2D eigenvalue weighted by atomic mass is 35.5. The van der Waals surface area contributed by atoms with Crippen molar-refractivity contribution < 1.29 is 9.53 Å². The fourth-order valence-corrected chi connectivity index (χ4v) is 3.52. The number of H-pyrrole nitrogens is 1. The van der Waals surface area contributed by atoms with Gasteiger partial charge in [0.05, 0.1) is 28.4 Å². The number of carbonyl (C=O) groups is 1. The number of aromatic amines is 1. The van der Waals surface area contributed by atoms with Gasteiger partial charge in [0.15, 0.2) is 5.16 Å². The Labute approximate surface area is 158 Å². The standard InChI is InChI=1S/C15H16Cl2N4O3S/c16-11-4-3-9(6-12(11)17)18-13(22)8-25-15-20-19-14(23)21(15)7-10-2-1-5-24-10/h3-4,6,10H,1-2,5,7-8H2,(H,18,22)(H,19,23)/t10-/m1/s1. The number of thioether (sulfide) groups is 1. The molecule has 10 heteroatoms. The van der Waals surface area contributed by atoms with E-state index in [1.165, 1.54) is 16.3 Å². The zero-order chi connectivity index (χ0) is 17.8. The minimum Gasteiger partial charge on any atom is -0.376 e. The van der Waals surface area contributed by atoms with Crippen LogP contribution in [0.2, 0.25) is 10.0 Å². The van der Waals surface area contributed by atoms with Gasteiger partial charge in [-0.25, -0.2) is 9.89 Å². The van der Waals surface area contributed by atoms with Crippen LogP contribution in [0, 0.1) is 0 Å². The van der Waals surface area contributed by atoms with E-state index in [-0.39, 0.29) is 23.5 Å². The van der Waals surface area contributed by atoms with E-state index < -0.39 is 0 Å². The first-order chi connectivity index (χ1) is 12.0. The second kappa shape index (κ2) is 8.27. The predicted molar refractivity (Wildman–Crippen MR) is 97.6 cm³/mol. The van der Waals surface area contributed by atoms with Gasteiger partial charge in [-0.05, 0) is 31.0 Å². The van der Waals surface area contributed by atoms with Crippen molar-refractivity contribution in [2.24, 2.45) is 0 Å². The average Bonchev–Trinajstić information content (AvgIpc) is 3.21. The van der Waals surface area contributed by atoms with Crippen molar-refractivity contribution in [2.75, 3.05) is 17.7 Å². The van der Waals surface area contributed by atoms with Gasteiger partial charge in [-0.1, -0.05) is 35.0 Å². The van der Waals surface area contributed by atoms with Gasteiger partial charge >= 0.3 is 5.69 Å². The summed E-state index contributed by atoms with van der Waals surface area (Å²) in [5.74, 6) is -0.127. The number of amides is 1. The number of aromatic nitrogens is 3. The summed E-state index contributed by atoms with van der Waals surface area (Å²) >= 11 is 12.9. The minimum absolute atomic E-state index is 0.0136. The second-order valence-corrected chi connectivity index (χ2v) is 7.28. The van der Waals surface area contributed by atoms with Crippen molar-refractivity contribution in [3.63, 3.8) is 0 Å². The van der Waals surface area contributed by atoms with E-state index in [0.717, 1.165) is 12.8 Å². The van der Waals surface area contributed by atoms with Crippen LogP contribution in [0.15, 0.2) is 28.2 Å². The molecule has 2 aromatic rings. The Morgan fingerprint density at radius 1 is 1.44 bits per heavy atom. The maximum absolute atomic E-state index is 12.1. The Morgan fingerprint density at radius 3 is 3.00 bits per heavy atom. The number of hydrogen-bond donors (Lipinski definition) is 2. The number of rotatable bonds is 6. The minimum atomic E-state index is -0.303. The molecule has 1 aliphatic heterocycles. The van der Waals surface area contributed by atoms with Crippen LogP contribution in [0.25, 0.3) is 0 Å². The van der Waals surface area contributed by atoms with Crippen LogP contribution >= 0.6 is 35.0 Å². The summed E-state index contributed by atoms with van der Waals surface area (Å²) < 4.78 is 7.06. The maximum Gasteiger partial charge on any atom is 0.344 e. The molecule has 1 aromatic heterocycles. The van der Waals surface area contributed by atoms with Gasteiger partial charge in [0, 0.05) is 12.3 Å². The second-order valence-electron chi connectivity index (χ2n) is 5.52. The maximum atomic E-state index is 12.1. The summed E-state index contributed by atoms with van der Waals surface area (Å²) in [7, 11) is 0. The first kappa shape index (κ1) is 18.3. The molecule has 0 spiro atoms. The van der Waals surface area contributed by atoms with E-state index in [9.17, 15) is 9.59 Å². The molecule has 1 amide bonds. The van der Waals surface area contributed by atoms with Crippen molar-refractivity contribution in [3.05, 3.63) is 38.7 Å². The lowest BCUT2D eigenvalue weighted by atomic mass is 10.2. The van der Waals surface area contributed by atoms with Gasteiger partial charge in [-0.2, -0.15) is 0 Å². The van der Waals surface area contributed by atoms with Crippen LogP contribution in [-0.2, 0) is 16.1 Å². The van der Waals surface area contributed by atoms with Crippen LogP contribution in [0.4, 0.5) is 5.69 Å². The molecule has 7 nitrogen and oxygen atoms in total. The number of ether oxygens (including phenoxy) is 1. The predicted octanol–water partition coefficient (Wildman–Crippen LogP) is 2.79. The molecule has 0 radical (unpaired) electrons. The molecular weight excluding hydrogens is 387 g/mol. The Kier molecular flexibility index (Phi) is 6.06. The Morgan fingerprint density at radius 2 is 2.28 bits per heavy atom. The van der Waals surface area contributed by atoms with Gasteiger partial charge in [-0.3, -0.25) is 9.36 Å². The molecule has 25 heavy (non-hydrogen) atoms. The molecule has 0 bridgehead atoms. The Bertz CT molecular complexity index is 817. The number of hydrogen-bond acceptors (Lipinski definition) is 5. The smallest absolute Gasteiger partial charge is 0.344 e. The summed E-state index contributed by atoms with van der Waals surface area (Å²) in [5.41, 5.74) is 0.252. The number of benzene rings is 1. The van der Waals surface area contributed by atoms with E-state index >= 15 is 0 Å². The van der Waals surface area contributed by atoms with Gasteiger partial charge in [0.2, 0.25) is 5.91 Å². The molecule has 2 N–H and O–H groups in total. The van der Waals surface area contributed by atoms with E-state index in [1.54, 1.807) is 18.2 Å². The molecule has 3 rings (SSSR count). The van der Waals surface area contributed by atoms with E-state index in [2.05, 4.69) is 15.5 Å².